The van der Waals surface area contributed by atoms with Gasteiger partial charge >= 0.3 is 0 Å². The van der Waals surface area contributed by atoms with E-state index in [0.29, 0.717) is 19.8 Å². The van der Waals surface area contributed by atoms with E-state index in [2.05, 4.69) is 5.32 Å². The van der Waals surface area contributed by atoms with Gasteiger partial charge < -0.3 is 15.8 Å². The van der Waals surface area contributed by atoms with Gasteiger partial charge in [-0.05, 0) is 37.8 Å². The number of benzene rings is 1. The van der Waals surface area contributed by atoms with Gasteiger partial charge in [0.05, 0.1) is 5.54 Å². The van der Waals surface area contributed by atoms with Crippen LogP contribution in [0, 0.1) is 13.8 Å². The molecule has 104 valence electrons. The van der Waals surface area contributed by atoms with E-state index < -0.39 is 0 Å². The molecule has 1 aliphatic heterocycles. The molecule has 0 aromatic heterocycles. The van der Waals surface area contributed by atoms with Gasteiger partial charge in [0.25, 0.3) is 5.91 Å². The summed E-state index contributed by atoms with van der Waals surface area (Å²) in [4.78, 5) is 12.5. The molecule has 0 unspecified atom stereocenters. The van der Waals surface area contributed by atoms with Crippen molar-refractivity contribution >= 4 is 5.91 Å². The van der Waals surface area contributed by atoms with Gasteiger partial charge in [-0.15, -0.1) is 0 Å². The van der Waals surface area contributed by atoms with E-state index in [1.54, 1.807) is 0 Å². The third-order valence-corrected chi connectivity index (χ3v) is 3.93. The van der Waals surface area contributed by atoms with Gasteiger partial charge in [-0.1, -0.05) is 18.2 Å². The van der Waals surface area contributed by atoms with E-state index >= 15 is 0 Å². The monoisotopic (exact) mass is 262 g/mol. The fraction of sp³-hybridized carbons (Fsp3) is 0.533. The van der Waals surface area contributed by atoms with E-state index in [4.69, 9.17) is 10.5 Å². The minimum Gasteiger partial charge on any atom is -0.381 e. The Kier molecular flexibility index (Phi) is 4.22. The molecule has 19 heavy (non-hydrogen) atoms. The highest BCUT2D eigenvalue weighted by atomic mass is 16.5. The van der Waals surface area contributed by atoms with Crippen LogP contribution in [0.25, 0.3) is 0 Å². The average molecular weight is 262 g/mol. The Morgan fingerprint density at radius 3 is 2.42 bits per heavy atom. The fourth-order valence-electron chi connectivity index (χ4n) is 2.62. The van der Waals surface area contributed by atoms with Gasteiger partial charge in [0, 0.05) is 25.3 Å². The van der Waals surface area contributed by atoms with Gasteiger partial charge in [0.15, 0.2) is 0 Å². The maximum Gasteiger partial charge on any atom is 0.252 e. The van der Waals surface area contributed by atoms with Gasteiger partial charge in [0.1, 0.15) is 0 Å². The Labute approximate surface area is 114 Å². The van der Waals surface area contributed by atoms with Crippen molar-refractivity contribution in [1.82, 2.24) is 5.32 Å². The molecule has 4 nitrogen and oxygen atoms in total. The van der Waals surface area contributed by atoms with Crippen LogP contribution >= 0.6 is 0 Å². The molecule has 1 fully saturated rings. The molecule has 2 rings (SSSR count). The van der Waals surface area contributed by atoms with Crippen LogP contribution in [0.5, 0.6) is 0 Å². The lowest BCUT2D eigenvalue weighted by Gasteiger charge is -2.37. The lowest BCUT2D eigenvalue weighted by atomic mass is 9.89. The third-order valence-electron chi connectivity index (χ3n) is 3.93. The van der Waals surface area contributed by atoms with Crippen LogP contribution in [-0.2, 0) is 4.74 Å². The van der Waals surface area contributed by atoms with Crippen LogP contribution in [0.3, 0.4) is 0 Å². The molecule has 3 N–H and O–H groups in total. The average Bonchev–Trinajstić information content (AvgIpc) is 2.39. The summed E-state index contributed by atoms with van der Waals surface area (Å²) < 4.78 is 5.35. The van der Waals surface area contributed by atoms with Crippen molar-refractivity contribution < 1.29 is 9.53 Å². The Hall–Kier alpha value is -1.39. The van der Waals surface area contributed by atoms with Crippen LogP contribution in [0.2, 0.25) is 0 Å². The van der Waals surface area contributed by atoms with E-state index in [0.717, 1.165) is 29.5 Å². The number of nitrogens with one attached hydrogen (secondary N) is 1. The molecule has 4 heteroatoms. The minimum atomic E-state index is -0.315. The first kappa shape index (κ1) is 14.0. The molecule has 0 radical (unpaired) electrons. The number of aryl methyl sites for hydroxylation is 2. The zero-order valence-electron chi connectivity index (χ0n) is 11.7. The normalized spacial score (nSPS) is 18.1. The Morgan fingerprint density at radius 2 is 1.89 bits per heavy atom. The first-order chi connectivity index (χ1) is 9.08. The van der Waals surface area contributed by atoms with E-state index in [1.807, 2.05) is 32.0 Å². The Balaban J connectivity index is 2.20. The summed E-state index contributed by atoms with van der Waals surface area (Å²) in [5.41, 5.74) is 8.31. The molecule has 1 heterocycles. The zero-order valence-corrected chi connectivity index (χ0v) is 11.7. The molecular weight excluding hydrogens is 240 g/mol. The summed E-state index contributed by atoms with van der Waals surface area (Å²) in [5, 5.41) is 3.14. The molecule has 0 aliphatic carbocycles. The van der Waals surface area contributed by atoms with E-state index in [-0.39, 0.29) is 11.4 Å². The second-order valence-electron chi connectivity index (χ2n) is 5.32. The van der Waals surface area contributed by atoms with Crippen LogP contribution in [-0.4, -0.2) is 31.2 Å². The number of nitrogens with two attached hydrogens (primary N) is 1. The van der Waals surface area contributed by atoms with Crippen molar-refractivity contribution in [2.24, 2.45) is 5.73 Å². The first-order valence-electron chi connectivity index (χ1n) is 6.74. The third kappa shape index (κ3) is 2.96. The molecule has 0 bridgehead atoms. The van der Waals surface area contributed by atoms with Crippen molar-refractivity contribution in [3.63, 3.8) is 0 Å². The van der Waals surface area contributed by atoms with Crippen molar-refractivity contribution in [3.8, 4) is 0 Å². The lowest BCUT2D eigenvalue weighted by molar-refractivity contribution is 0.0388. The second kappa shape index (κ2) is 5.72. The van der Waals surface area contributed by atoms with Crippen LogP contribution in [0.15, 0.2) is 18.2 Å². The predicted molar refractivity (Wildman–Crippen MR) is 75.2 cm³/mol. The first-order valence-corrected chi connectivity index (χ1v) is 6.74. The summed E-state index contributed by atoms with van der Waals surface area (Å²) >= 11 is 0. The highest BCUT2D eigenvalue weighted by Crippen LogP contribution is 2.21. The van der Waals surface area contributed by atoms with Crippen molar-refractivity contribution in [1.29, 1.82) is 0 Å². The van der Waals surface area contributed by atoms with Gasteiger partial charge in [-0.25, -0.2) is 0 Å². The quantitative estimate of drug-likeness (QED) is 0.868. The molecule has 1 amide bonds. The smallest absolute Gasteiger partial charge is 0.252 e. The molecule has 1 aliphatic rings. The van der Waals surface area contributed by atoms with Gasteiger partial charge in [-0.3, -0.25) is 4.79 Å². The number of hydrogen-bond donors (Lipinski definition) is 2. The molecule has 1 aromatic rings. The number of amides is 1. The number of hydrogen-bond acceptors (Lipinski definition) is 3. The molecule has 0 saturated carbocycles. The zero-order chi connectivity index (χ0) is 13.9. The maximum absolute atomic E-state index is 12.5. The standard InChI is InChI=1S/C15H22N2O2/c1-11-4-3-5-12(2)13(11)14(18)17-15(10-16)6-8-19-9-7-15/h3-5H,6-10,16H2,1-2H3,(H,17,18). The summed E-state index contributed by atoms with van der Waals surface area (Å²) in [7, 11) is 0. The van der Waals surface area contributed by atoms with Crippen LogP contribution < -0.4 is 11.1 Å². The number of carbonyl (C=O) groups excluding carboxylic acids is 1. The number of carbonyl (C=O) groups is 1. The molecular formula is C15H22N2O2. The lowest BCUT2D eigenvalue weighted by Crippen LogP contribution is -2.56. The second-order valence-corrected chi connectivity index (χ2v) is 5.32. The van der Waals surface area contributed by atoms with E-state index in [9.17, 15) is 4.79 Å². The minimum absolute atomic E-state index is 0.0250. The van der Waals surface area contributed by atoms with Gasteiger partial charge in [0.2, 0.25) is 0 Å². The Bertz CT molecular complexity index is 445. The molecule has 1 aromatic carbocycles. The highest BCUT2D eigenvalue weighted by Gasteiger charge is 2.33. The fourth-order valence-corrected chi connectivity index (χ4v) is 2.62. The van der Waals surface area contributed by atoms with Crippen molar-refractivity contribution in [2.75, 3.05) is 19.8 Å². The maximum atomic E-state index is 12.5. The SMILES string of the molecule is Cc1cccc(C)c1C(=O)NC1(CN)CCOCC1. The van der Waals surface area contributed by atoms with Gasteiger partial charge in [-0.2, -0.15) is 0 Å². The number of rotatable bonds is 3. The molecule has 0 spiro atoms. The topological polar surface area (TPSA) is 64.4 Å². The molecule has 1 saturated heterocycles. The van der Waals surface area contributed by atoms with Crippen molar-refractivity contribution in [3.05, 3.63) is 34.9 Å². The number of ether oxygens (including phenoxy) is 1. The van der Waals surface area contributed by atoms with E-state index in [1.165, 1.54) is 0 Å². The van der Waals surface area contributed by atoms with Crippen LogP contribution in [0.4, 0.5) is 0 Å². The highest BCUT2D eigenvalue weighted by molar-refractivity contribution is 5.97. The summed E-state index contributed by atoms with van der Waals surface area (Å²) in [6.45, 7) is 5.68. The summed E-state index contributed by atoms with van der Waals surface area (Å²) in [6.07, 6.45) is 1.56. The Morgan fingerprint density at radius 1 is 1.32 bits per heavy atom. The summed E-state index contributed by atoms with van der Waals surface area (Å²) in [6, 6.07) is 5.89. The molecule has 0 atom stereocenters. The van der Waals surface area contributed by atoms with Crippen LogP contribution in [0.1, 0.15) is 34.3 Å². The largest absolute Gasteiger partial charge is 0.381 e. The predicted octanol–water partition coefficient (Wildman–Crippen LogP) is 1.54. The summed E-state index contributed by atoms with van der Waals surface area (Å²) in [5.74, 6) is -0.0250. The van der Waals surface area contributed by atoms with Crippen molar-refractivity contribution in [2.45, 2.75) is 32.2 Å².